The van der Waals surface area contributed by atoms with Gasteiger partial charge in [0.1, 0.15) is 24.2 Å². The van der Waals surface area contributed by atoms with Crippen molar-refractivity contribution in [2.45, 2.75) is 32.3 Å². The Morgan fingerprint density at radius 2 is 1.89 bits per heavy atom. The number of ether oxygens (including phenoxy) is 1. The lowest BCUT2D eigenvalue weighted by Gasteiger charge is -2.35. The number of nitriles is 1. The van der Waals surface area contributed by atoms with E-state index in [2.05, 4.69) is 20.8 Å². The van der Waals surface area contributed by atoms with E-state index in [1.807, 2.05) is 43.0 Å². The molecule has 1 fully saturated rings. The van der Waals surface area contributed by atoms with E-state index >= 15 is 0 Å². The zero-order valence-corrected chi connectivity index (χ0v) is 20.6. The minimum absolute atomic E-state index is 0.0187. The smallest absolute Gasteiger partial charge is 0.236 e. The molecule has 10 heteroatoms. The first-order valence-electron chi connectivity index (χ1n) is 11.1. The second-order valence-corrected chi connectivity index (χ2v) is 10.7. The third-order valence-electron chi connectivity index (χ3n) is 6.03. The lowest BCUT2D eigenvalue weighted by molar-refractivity contribution is 0.301. The molecule has 3 aromatic rings. The maximum Gasteiger partial charge on any atom is 0.236 e. The van der Waals surface area contributed by atoms with Crippen LogP contribution in [0, 0.1) is 17.1 Å². The largest absolute Gasteiger partial charge is 0.487 e. The van der Waals surface area contributed by atoms with Gasteiger partial charge in [-0.25, -0.2) is 22.8 Å². The van der Waals surface area contributed by atoms with Gasteiger partial charge in [-0.05, 0) is 47.9 Å². The van der Waals surface area contributed by atoms with E-state index in [-0.39, 0.29) is 18.4 Å². The highest BCUT2D eigenvalue weighted by Crippen LogP contribution is 2.37. The molecule has 1 aliphatic rings. The number of nitrogens with zero attached hydrogens (tertiary/aromatic N) is 4. The molecular formula is C25H26FN5O3S. The SMILES string of the molecule is CC(C)(c1ccc(OCc2ccnc(NS(C)(=O)=O)n2)cc1)c1cc(F)c(N2CCC2)c(C#N)c1. The molecule has 1 aromatic heterocycles. The number of hydrogen-bond acceptors (Lipinski definition) is 7. The summed E-state index contributed by atoms with van der Waals surface area (Å²) in [5.41, 5.74) is 2.36. The van der Waals surface area contributed by atoms with Gasteiger partial charge in [-0.1, -0.05) is 26.0 Å². The van der Waals surface area contributed by atoms with Gasteiger partial charge in [0, 0.05) is 24.7 Å². The molecule has 0 unspecified atom stereocenters. The van der Waals surface area contributed by atoms with E-state index in [9.17, 15) is 18.1 Å². The topological polar surface area (TPSA) is 108 Å². The van der Waals surface area contributed by atoms with Crippen LogP contribution in [0.25, 0.3) is 0 Å². The van der Waals surface area contributed by atoms with Crippen LogP contribution >= 0.6 is 0 Å². The first-order chi connectivity index (χ1) is 16.6. The number of sulfonamides is 1. The molecule has 35 heavy (non-hydrogen) atoms. The van der Waals surface area contributed by atoms with Gasteiger partial charge in [-0.3, -0.25) is 4.72 Å². The molecule has 0 saturated carbocycles. The van der Waals surface area contributed by atoms with Crippen LogP contribution in [0.2, 0.25) is 0 Å². The van der Waals surface area contributed by atoms with Crippen LogP contribution in [0.1, 0.15) is 42.7 Å². The predicted octanol–water partition coefficient (Wildman–Crippen LogP) is 3.97. The van der Waals surface area contributed by atoms with Crippen molar-refractivity contribution in [3.05, 3.63) is 76.9 Å². The zero-order valence-electron chi connectivity index (χ0n) is 19.7. The lowest BCUT2D eigenvalue weighted by atomic mass is 9.77. The Morgan fingerprint density at radius 3 is 2.49 bits per heavy atom. The Morgan fingerprint density at radius 1 is 1.17 bits per heavy atom. The van der Waals surface area contributed by atoms with Gasteiger partial charge in [-0.15, -0.1) is 0 Å². The average molecular weight is 496 g/mol. The van der Waals surface area contributed by atoms with Crippen LogP contribution < -0.4 is 14.4 Å². The number of hydrogen-bond donors (Lipinski definition) is 1. The average Bonchev–Trinajstić information content (AvgIpc) is 2.77. The molecule has 1 saturated heterocycles. The van der Waals surface area contributed by atoms with Crippen molar-refractivity contribution < 1.29 is 17.5 Å². The fourth-order valence-corrected chi connectivity index (χ4v) is 4.32. The third-order valence-corrected chi connectivity index (χ3v) is 6.58. The van der Waals surface area contributed by atoms with Gasteiger partial charge in [-0.2, -0.15) is 5.26 Å². The van der Waals surface area contributed by atoms with E-state index in [0.717, 1.165) is 36.9 Å². The molecule has 2 heterocycles. The van der Waals surface area contributed by atoms with Crippen LogP contribution in [-0.4, -0.2) is 37.7 Å². The monoisotopic (exact) mass is 495 g/mol. The second kappa shape index (κ2) is 9.50. The first-order valence-corrected chi connectivity index (χ1v) is 13.0. The van der Waals surface area contributed by atoms with Crippen molar-refractivity contribution in [3.8, 4) is 11.8 Å². The molecular weight excluding hydrogens is 469 g/mol. The summed E-state index contributed by atoms with van der Waals surface area (Å²) in [6.07, 6.45) is 3.48. The third kappa shape index (κ3) is 5.52. The van der Waals surface area contributed by atoms with Crippen molar-refractivity contribution in [1.29, 1.82) is 5.26 Å². The molecule has 0 radical (unpaired) electrons. The molecule has 8 nitrogen and oxygen atoms in total. The maximum atomic E-state index is 15.0. The lowest BCUT2D eigenvalue weighted by Crippen LogP contribution is -2.38. The summed E-state index contributed by atoms with van der Waals surface area (Å²) in [5, 5.41) is 9.63. The van der Waals surface area contributed by atoms with Crippen molar-refractivity contribution in [2.24, 2.45) is 0 Å². The van der Waals surface area contributed by atoms with E-state index in [4.69, 9.17) is 4.74 Å². The summed E-state index contributed by atoms with van der Waals surface area (Å²) in [6.45, 7) is 5.62. The summed E-state index contributed by atoms with van der Waals surface area (Å²) in [4.78, 5) is 9.91. The molecule has 1 N–H and O–H groups in total. The molecule has 1 aliphatic heterocycles. The molecule has 0 atom stereocenters. The van der Waals surface area contributed by atoms with Crippen LogP contribution in [0.3, 0.4) is 0 Å². The van der Waals surface area contributed by atoms with Gasteiger partial charge in [0.25, 0.3) is 0 Å². The van der Waals surface area contributed by atoms with E-state index in [1.165, 1.54) is 12.3 Å². The van der Waals surface area contributed by atoms with Crippen molar-refractivity contribution >= 4 is 21.7 Å². The highest BCUT2D eigenvalue weighted by atomic mass is 32.2. The highest BCUT2D eigenvalue weighted by molar-refractivity contribution is 7.91. The van der Waals surface area contributed by atoms with Gasteiger partial charge < -0.3 is 9.64 Å². The van der Waals surface area contributed by atoms with Crippen molar-refractivity contribution in [1.82, 2.24) is 9.97 Å². The number of halogens is 1. The fourth-order valence-electron chi connectivity index (χ4n) is 3.89. The number of benzene rings is 2. The van der Waals surface area contributed by atoms with Crippen LogP contribution in [0.15, 0.2) is 48.7 Å². The molecule has 0 bridgehead atoms. The minimum atomic E-state index is -3.47. The zero-order chi connectivity index (χ0) is 25.2. The minimum Gasteiger partial charge on any atom is -0.487 e. The molecule has 0 aliphatic carbocycles. The van der Waals surface area contributed by atoms with E-state index < -0.39 is 15.4 Å². The number of anilines is 2. The van der Waals surface area contributed by atoms with E-state index in [0.29, 0.717) is 22.7 Å². The second-order valence-electron chi connectivity index (χ2n) is 8.99. The quantitative estimate of drug-likeness (QED) is 0.504. The number of rotatable bonds is 8. The standard InChI is InChI=1S/C25H26FN5O3S/c1-25(2,19-13-17(15-27)23(22(26)14-19)31-11-4-12-31)18-5-7-21(8-6-18)34-16-20-9-10-28-24(29-20)30-35(3,32)33/h5-10,13-14H,4,11-12,16H2,1-3H3,(H,28,29,30). The fraction of sp³-hybridized carbons (Fsp3) is 0.320. The Balaban J connectivity index is 1.49. The maximum absolute atomic E-state index is 15.0. The van der Waals surface area contributed by atoms with E-state index in [1.54, 1.807) is 12.1 Å². The molecule has 4 rings (SSSR count). The molecule has 2 aromatic carbocycles. The Bertz CT molecular complexity index is 1380. The summed E-state index contributed by atoms with van der Waals surface area (Å²) < 4.78 is 45.7. The number of nitrogens with one attached hydrogen (secondary N) is 1. The Hall–Kier alpha value is -3.71. The molecule has 0 amide bonds. The summed E-state index contributed by atoms with van der Waals surface area (Å²) in [6, 6.07) is 14.5. The molecule has 0 spiro atoms. The number of aromatic nitrogens is 2. The van der Waals surface area contributed by atoms with Gasteiger partial charge >= 0.3 is 0 Å². The summed E-state index contributed by atoms with van der Waals surface area (Å²) in [7, 11) is -3.47. The van der Waals surface area contributed by atoms with Crippen molar-refractivity contribution in [2.75, 3.05) is 29.0 Å². The van der Waals surface area contributed by atoms with Crippen LogP contribution in [0.4, 0.5) is 16.0 Å². The Labute approximate surface area is 204 Å². The van der Waals surface area contributed by atoms with Crippen LogP contribution in [-0.2, 0) is 22.0 Å². The highest BCUT2D eigenvalue weighted by Gasteiger charge is 2.28. The van der Waals surface area contributed by atoms with Crippen LogP contribution in [0.5, 0.6) is 5.75 Å². The van der Waals surface area contributed by atoms with Crippen molar-refractivity contribution in [3.63, 3.8) is 0 Å². The summed E-state index contributed by atoms with van der Waals surface area (Å²) >= 11 is 0. The Kier molecular flexibility index (Phi) is 6.63. The van der Waals surface area contributed by atoms with Gasteiger partial charge in [0.05, 0.1) is 23.2 Å². The predicted molar refractivity (Wildman–Crippen MR) is 131 cm³/mol. The normalized spacial score (nSPS) is 13.6. The van der Waals surface area contributed by atoms with Gasteiger partial charge in [0.15, 0.2) is 0 Å². The molecule has 182 valence electrons. The first kappa shape index (κ1) is 24.4. The van der Waals surface area contributed by atoms with Gasteiger partial charge in [0.2, 0.25) is 16.0 Å². The summed E-state index contributed by atoms with van der Waals surface area (Å²) in [5.74, 6) is 0.203.